The minimum absolute atomic E-state index is 0. The number of benzene rings is 1. The molecule has 3 nitrogen and oxygen atoms in total. The van der Waals surface area contributed by atoms with Crippen LogP contribution >= 0.6 is 15.9 Å². The van der Waals surface area contributed by atoms with Crippen LogP contribution in [0.4, 0.5) is 0 Å². The molecule has 1 heterocycles. The normalized spacial score (nSPS) is 12.1. The summed E-state index contributed by atoms with van der Waals surface area (Å²) in [6.07, 6.45) is 8.04. The highest BCUT2D eigenvalue weighted by molar-refractivity contribution is 9.11. The summed E-state index contributed by atoms with van der Waals surface area (Å²) in [5.41, 5.74) is 3.30. The lowest BCUT2D eigenvalue weighted by molar-refractivity contribution is 0.185. The first-order valence-electron chi connectivity index (χ1n) is 6.12. The Hall–Kier alpha value is -1.39. The lowest BCUT2D eigenvalue weighted by atomic mass is 10.2. The van der Waals surface area contributed by atoms with E-state index < -0.39 is 0 Å². The van der Waals surface area contributed by atoms with E-state index in [-0.39, 0.29) is 7.43 Å². The molecule has 108 valence electrons. The van der Waals surface area contributed by atoms with E-state index in [4.69, 9.17) is 4.74 Å². The predicted molar refractivity (Wildman–Crippen MR) is 89.0 cm³/mol. The molecule has 0 spiro atoms. The van der Waals surface area contributed by atoms with Crippen LogP contribution in [-0.4, -0.2) is 16.7 Å². The number of rotatable bonds is 5. The number of halogens is 1. The maximum atomic E-state index is 5.13. The van der Waals surface area contributed by atoms with E-state index in [0.717, 1.165) is 27.6 Å². The third-order valence-electron chi connectivity index (χ3n) is 2.76. The summed E-state index contributed by atoms with van der Waals surface area (Å²) >= 11 is 3.39. The summed E-state index contributed by atoms with van der Waals surface area (Å²) < 4.78 is 8.37. The van der Waals surface area contributed by atoms with Crippen LogP contribution in [0.1, 0.15) is 19.9 Å². The van der Waals surface area contributed by atoms with Gasteiger partial charge in [0.1, 0.15) is 0 Å². The van der Waals surface area contributed by atoms with E-state index in [0.29, 0.717) is 6.61 Å². The smallest absolute Gasteiger partial charge is 0.0961 e. The molecule has 4 heteroatoms. The van der Waals surface area contributed by atoms with E-state index in [1.807, 2.05) is 25.4 Å². The van der Waals surface area contributed by atoms with Crippen LogP contribution in [0.25, 0.3) is 11.0 Å². The van der Waals surface area contributed by atoms with E-state index in [2.05, 4.69) is 49.8 Å². The molecule has 2 aromatic rings. The monoisotopic (exact) mass is 336 g/mol. The van der Waals surface area contributed by atoms with Crippen molar-refractivity contribution in [1.82, 2.24) is 9.55 Å². The molecule has 0 aliphatic heterocycles. The van der Waals surface area contributed by atoms with Gasteiger partial charge in [-0.15, -0.1) is 0 Å². The Morgan fingerprint density at radius 2 is 2.25 bits per heavy atom. The molecule has 0 bridgehead atoms. The van der Waals surface area contributed by atoms with Crippen molar-refractivity contribution in [3.05, 3.63) is 52.8 Å². The molecule has 0 saturated heterocycles. The minimum Gasteiger partial charge on any atom is -0.380 e. The summed E-state index contributed by atoms with van der Waals surface area (Å²) in [6.45, 7) is 3.45. The predicted octanol–water partition coefficient (Wildman–Crippen LogP) is 4.67. The molecule has 0 N–H and O–H groups in total. The van der Waals surface area contributed by atoms with Crippen molar-refractivity contribution >= 4 is 27.0 Å². The Bertz CT molecular complexity index is 610. The van der Waals surface area contributed by atoms with Gasteiger partial charge in [0.2, 0.25) is 0 Å². The van der Waals surface area contributed by atoms with Crippen molar-refractivity contribution in [2.75, 3.05) is 7.11 Å². The first-order valence-corrected chi connectivity index (χ1v) is 6.91. The molecule has 0 radical (unpaired) electrons. The fraction of sp³-hybridized carbons (Fsp3) is 0.312. The van der Waals surface area contributed by atoms with Crippen molar-refractivity contribution in [2.45, 2.75) is 27.5 Å². The molecule has 0 saturated carbocycles. The lowest BCUT2D eigenvalue weighted by Crippen LogP contribution is -1.93. The van der Waals surface area contributed by atoms with Crippen LogP contribution in [0, 0.1) is 0 Å². The Morgan fingerprint density at radius 1 is 1.45 bits per heavy atom. The Labute approximate surface area is 129 Å². The minimum atomic E-state index is 0. The number of fused-ring (bicyclic) bond motifs is 1. The van der Waals surface area contributed by atoms with Gasteiger partial charge in [0, 0.05) is 13.7 Å². The molecule has 1 aromatic carbocycles. The standard InChI is InChI=1S/C15H17BrN2O.CH4/c1-12(16)5-3-4-8-18-11-17-14-9-13(10-19-2)6-7-15(14)18;/h3-7,9,11H,8,10H2,1-2H3;1H4/b4-3-,12-5+;. The molecular weight excluding hydrogens is 316 g/mol. The van der Waals surface area contributed by atoms with Gasteiger partial charge in [-0.3, -0.25) is 0 Å². The number of aromatic nitrogens is 2. The number of nitrogens with zero attached hydrogens (tertiary/aromatic N) is 2. The van der Waals surface area contributed by atoms with Crippen molar-refractivity contribution in [1.29, 1.82) is 0 Å². The number of hydrogen-bond acceptors (Lipinski definition) is 2. The van der Waals surface area contributed by atoms with Crippen LogP contribution in [0.5, 0.6) is 0 Å². The second-order valence-electron chi connectivity index (χ2n) is 4.33. The second kappa shape index (κ2) is 8.02. The number of methoxy groups -OCH3 is 1. The van der Waals surface area contributed by atoms with E-state index in [9.17, 15) is 0 Å². The SMILES string of the molecule is C.COCc1ccc2c(c1)ncn2C/C=C\C=C(/C)Br. The largest absolute Gasteiger partial charge is 0.380 e. The fourth-order valence-electron chi connectivity index (χ4n) is 1.89. The Morgan fingerprint density at radius 3 is 2.95 bits per heavy atom. The van der Waals surface area contributed by atoms with E-state index in [1.54, 1.807) is 7.11 Å². The second-order valence-corrected chi connectivity index (χ2v) is 5.59. The topological polar surface area (TPSA) is 27.1 Å². The number of allylic oxidation sites excluding steroid dienone is 4. The molecular formula is C16H21BrN2O. The van der Waals surface area contributed by atoms with Gasteiger partial charge in [-0.25, -0.2) is 4.98 Å². The molecule has 1 aromatic heterocycles. The van der Waals surface area contributed by atoms with Gasteiger partial charge < -0.3 is 9.30 Å². The van der Waals surface area contributed by atoms with Crippen molar-refractivity contribution in [3.8, 4) is 0 Å². The summed E-state index contributed by atoms with van der Waals surface area (Å²) in [7, 11) is 1.70. The summed E-state index contributed by atoms with van der Waals surface area (Å²) in [4.78, 5) is 4.42. The lowest BCUT2D eigenvalue weighted by Gasteiger charge is -2.02. The van der Waals surface area contributed by atoms with Gasteiger partial charge >= 0.3 is 0 Å². The average Bonchev–Trinajstić information content (AvgIpc) is 2.77. The molecule has 0 aliphatic rings. The summed E-state index contributed by atoms with van der Waals surface area (Å²) in [5.74, 6) is 0. The molecule has 2 rings (SSSR count). The summed E-state index contributed by atoms with van der Waals surface area (Å²) in [6, 6.07) is 6.24. The van der Waals surface area contributed by atoms with Crippen molar-refractivity contribution in [3.63, 3.8) is 0 Å². The molecule has 0 amide bonds. The maximum absolute atomic E-state index is 5.13. The van der Waals surface area contributed by atoms with Crippen LogP contribution in [-0.2, 0) is 17.9 Å². The third-order valence-corrected chi connectivity index (χ3v) is 3.02. The maximum Gasteiger partial charge on any atom is 0.0961 e. The fourth-order valence-corrected chi connectivity index (χ4v) is 2.04. The van der Waals surface area contributed by atoms with Crippen molar-refractivity contribution < 1.29 is 4.74 Å². The van der Waals surface area contributed by atoms with E-state index in [1.165, 1.54) is 0 Å². The Balaban J connectivity index is 0.00000200. The van der Waals surface area contributed by atoms with Crippen LogP contribution < -0.4 is 0 Å². The molecule has 0 unspecified atom stereocenters. The quantitative estimate of drug-likeness (QED) is 0.741. The van der Waals surface area contributed by atoms with Gasteiger partial charge in [0.05, 0.1) is 24.0 Å². The highest BCUT2D eigenvalue weighted by Gasteiger charge is 2.02. The van der Waals surface area contributed by atoms with Crippen LogP contribution in [0.15, 0.2) is 47.2 Å². The zero-order valence-electron chi connectivity index (χ0n) is 11.1. The van der Waals surface area contributed by atoms with E-state index >= 15 is 0 Å². The highest BCUT2D eigenvalue weighted by Crippen LogP contribution is 2.15. The van der Waals surface area contributed by atoms with Crippen molar-refractivity contribution in [2.24, 2.45) is 0 Å². The molecule has 0 fully saturated rings. The van der Waals surface area contributed by atoms with Crippen LogP contribution in [0.2, 0.25) is 0 Å². The first-order chi connectivity index (χ1) is 9.20. The zero-order valence-corrected chi connectivity index (χ0v) is 12.7. The van der Waals surface area contributed by atoms with Crippen LogP contribution in [0.3, 0.4) is 0 Å². The van der Waals surface area contributed by atoms with Gasteiger partial charge in [0.25, 0.3) is 0 Å². The number of ether oxygens (including phenoxy) is 1. The Kier molecular flexibility index (Phi) is 6.68. The molecule has 0 aliphatic carbocycles. The molecule has 20 heavy (non-hydrogen) atoms. The highest BCUT2D eigenvalue weighted by atomic mass is 79.9. The summed E-state index contributed by atoms with van der Waals surface area (Å²) in [5, 5.41) is 0. The van der Waals surface area contributed by atoms with Gasteiger partial charge in [-0.2, -0.15) is 0 Å². The molecule has 0 atom stereocenters. The van der Waals surface area contributed by atoms with Gasteiger partial charge in [-0.1, -0.05) is 47.7 Å². The average molecular weight is 337 g/mol. The first kappa shape index (κ1) is 16.7. The number of imidazole rings is 1. The van der Waals surface area contributed by atoms with Gasteiger partial charge in [-0.05, 0) is 29.1 Å². The third kappa shape index (κ3) is 4.32. The number of hydrogen-bond donors (Lipinski definition) is 0. The van der Waals surface area contributed by atoms with Gasteiger partial charge in [0.15, 0.2) is 0 Å². The zero-order chi connectivity index (χ0) is 13.7.